The van der Waals surface area contributed by atoms with E-state index in [1.54, 1.807) is 0 Å². The zero-order valence-corrected chi connectivity index (χ0v) is 11.2. The summed E-state index contributed by atoms with van der Waals surface area (Å²) in [5.74, 6) is -0.321. The lowest BCUT2D eigenvalue weighted by molar-refractivity contribution is -0.144. The van der Waals surface area contributed by atoms with E-state index in [1.807, 2.05) is 13.8 Å². The Hall–Kier alpha value is -1.57. The Morgan fingerprint density at radius 3 is 2.50 bits per heavy atom. The number of carbonyl (C=O) groups excluding carboxylic acids is 2. The van der Waals surface area contributed by atoms with Gasteiger partial charge < -0.3 is 10.2 Å². The molecule has 1 N–H and O–H groups in total. The summed E-state index contributed by atoms with van der Waals surface area (Å²) in [6.07, 6.45) is 2.71. The van der Waals surface area contributed by atoms with Crippen molar-refractivity contribution in [2.75, 3.05) is 19.6 Å². The molecule has 0 atom stereocenters. The van der Waals surface area contributed by atoms with Gasteiger partial charge in [-0.2, -0.15) is 5.26 Å². The Balaban J connectivity index is 2.87. The van der Waals surface area contributed by atoms with Crippen LogP contribution in [-0.2, 0) is 9.59 Å². The zero-order chi connectivity index (χ0) is 13.6. The highest BCUT2D eigenvalue weighted by molar-refractivity contribution is 5.90. The molecule has 5 nitrogen and oxygen atoms in total. The van der Waals surface area contributed by atoms with E-state index >= 15 is 0 Å². The number of carbonyl (C=O) groups is 2. The number of nitrogens with zero attached hydrogens (tertiary/aromatic N) is 2. The molecule has 1 fully saturated rings. The molecule has 2 amide bonds. The first-order chi connectivity index (χ1) is 8.59. The second-order valence-electron chi connectivity index (χ2n) is 4.77. The number of piperazine rings is 1. The molecule has 1 aliphatic rings. The maximum Gasteiger partial charge on any atom is 0.243 e. The van der Waals surface area contributed by atoms with E-state index in [9.17, 15) is 14.9 Å². The minimum absolute atomic E-state index is 0.0791. The van der Waals surface area contributed by atoms with Crippen LogP contribution in [0.4, 0.5) is 0 Å². The molecule has 5 heteroatoms. The van der Waals surface area contributed by atoms with Crippen LogP contribution in [0, 0.1) is 16.7 Å². The van der Waals surface area contributed by atoms with Gasteiger partial charge in [-0.15, -0.1) is 0 Å². The summed E-state index contributed by atoms with van der Waals surface area (Å²) in [7, 11) is 0. The van der Waals surface area contributed by atoms with Gasteiger partial charge >= 0.3 is 0 Å². The summed E-state index contributed by atoms with van der Waals surface area (Å²) in [6, 6.07) is 2.21. The molecule has 100 valence electrons. The van der Waals surface area contributed by atoms with E-state index in [-0.39, 0.29) is 18.4 Å². The predicted molar refractivity (Wildman–Crippen MR) is 67.5 cm³/mol. The molecule has 0 aromatic rings. The van der Waals surface area contributed by atoms with Gasteiger partial charge in [-0.05, 0) is 12.8 Å². The molecular weight excluding hydrogens is 230 g/mol. The van der Waals surface area contributed by atoms with Crippen molar-refractivity contribution in [3.8, 4) is 6.07 Å². The summed E-state index contributed by atoms with van der Waals surface area (Å²) >= 11 is 0. The molecule has 1 saturated heterocycles. The Morgan fingerprint density at radius 1 is 1.44 bits per heavy atom. The van der Waals surface area contributed by atoms with Gasteiger partial charge in [-0.1, -0.05) is 26.7 Å². The first kappa shape index (κ1) is 14.5. The minimum atomic E-state index is -0.943. The second kappa shape index (κ2) is 6.39. The van der Waals surface area contributed by atoms with Crippen molar-refractivity contribution in [3.63, 3.8) is 0 Å². The van der Waals surface area contributed by atoms with Crippen molar-refractivity contribution >= 4 is 11.8 Å². The molecule has 1 heterocycles. The molecule has 0 saturated carbocycles. The van der Waals surface area contributed by atoms with Crippen molar-refractivity contribution in [1.82, 2.24) is 10.2 Å². The van der Waals surface area contributed by atoms with Gasteiger partial charge in [0.15, 0.2) is 0 Å². The third kappa shape index (κ3) is 3.00. The summed E-state index contributed by atoms with van der Waals surface area (Å²) in [4.78, 5) is 25.3. The van der Waals surface area contributed by atoms with Crippen LogP contribution >= 0.6 is 0 Å². The van der Waals surface area contributed by atoms with Gasteiger partial charge in [0, 0.05) is 13.1 Å². The molecule has 0 aromatic carbocycles. The van der Waals surface area contributed by atoms with E-state index in [0.717, 1.165) is 12.8 Å². The number of amides is 2. The normalized spacial score (nSPS) is 16.1. The highest BCUT2D eigenvalue weighted by Gasteiger charge is 2.41. The maximum atomic E-state index is 12.5. The van der Waals surface area contributed by atoms with E-state index in [2.05, 4.69) is 11.4 Å². The standard InChI is InChI=1S/C13H21N3O2/c1-3-5-13(10-14,6-4-2)12(18)16-8-7-15-11(17)9-16/h3-9H2,1-2H3,(H,15,17). The van der Waals surface area contributed by atoms with Crippen LogP contribution in [-0.4, -0.2) is 36.3 Å². The van der Waals surface area contributed by atoms with Crippen molar-refractivity contribution in [3.05, 3.63) is 0 Å². The van der Waals surface area contributed by atoms with Crippen LogP contribution in [0.2, 0.25) is 0 Å². The quantitative estimate of drug-likeness (QED) is 0.794. The SMILES string of the molecule is CCCC(C#N)(CCC)C(=O)N1CCNC(=O)C1. The molecule has 1 aliphatic heterocycles. The van der Waals surface area contributed by atoms with Crippen LogP contribution in [0.25, 0.3) is 0 Å². The molecular formula is C13H21N3O2. The lowest BCUT2D eigenvalue weighted by Gasteiger charge is -2.34. The highest BCUT2D eigenvalue weighted by atomic mass is 16.2. The first-order valence-electron chi connectivity index (χ1n) is 6.57. The van der Waals surface area contributed by atoms with Crippen molar-refractivity contribution in [1.29, 1.82) is 5.26 Å². The lowest BCUT2D eigenvalue weighted by atomic mass is 9.79. The van der Waals surface area contributed by atoms with E-state index in [4.69, 9.17) is 0 Å². The second-order valence-corrected chi connectivity index (χ2v) is 4.77. The van der Waals surface area contributed by atoms with Crippen molar-refractivity contribution < 1.29 is 9.59 Å². The number of hydrogen-bond donors (Lipinski definition) is 1. The first-order valence-corrected chi connectivity index (χ1v) is 6.57. The van der Waals surface area contributed by atoms with Crippen LogP contribution in [0.15, 0.2) is 0 Å². The van der Waals surface area contributed by atoms with Crippen LogP contribution in [0.1, 0.15) is 39.5 Å². The third-order valence-corrected chi connectivity index (χ3v) is 3.30. The van der Waals surface area contributed by atoms with Crippen molar-refractivity contribution in [2.24, 2.45) is 5.41 Å². The average Bonchev–Trinajstić information content (AvgIpc) is 2.37. The number of rotatable bonds is 5. The predicted octanol–water partition coefficient (Wildman–Crippen LogP) is 1.05. The Labute approximate surface area is 108 Å². The van der Waals surface area contributed by atoms with Gasteiger partial charge in [0.2, 0.25) is 11.8 Å². The number of nitriles is 1. The van der Waals surface area contributed by atoms with Crippen LogP contribution in [0.5, 0.6) is 0 Å². The minimum Gasteiger partial charge on any atom is -0.353 e. The van der Waals surface area contributed by atoms with Gasteiger partial charge in [0.05, 0.1) is 12.6 Å². The van der Waals surface area contributed by atoms with Gasteiger partial charge in [-0.25, -0.2) is 0 Å². The van der Waals surface area contributed by atoms with Crippen molar-refractivity contribution in [2.45, 2.75) is 39.5 Å². The summed E-state index contributed by atoms with van der Waals surface area (Å²) in [5.41, 5.74) is -0.943. The molecule has 18 heavy (non-hydrogen) atoms. The van der Waals surface area contributed by atoms with Gasteiger partial charge in [0.25, 0.3) is 0 Å². The molecule has 0 unspecified atom stereocenters. The lowest BCUT2D eigenvalue weighted by Crippen LogP contribution is -2.54. The zero-order valence-electron chi connectivity index (χ0n) is 11.2. The van der Waals surface area contributed by atoms with Crippen LogP contribution < -0.4 is 5.32 Å². The molecule has 0 bridgehead atoms. The third-order valence-electron chi connectivity index (χ3n) is 3.30. The highest BCUT2D eigenvalue weighted by Crippen LogP contribution is 2.31. The fraction of sp³-hybridized carbons (Fsp3) is 0.769. The smallest absolute Gasteiger partial charge is 0.243 e. The Bertz CT molecular complexity index is 354. The summed E-state index contributed by atoms with van der Waals surface area (Å²) in [6.45, 7) is 5.00. The van der Waals surface area contributed by atoms with Gasteiger partial charge in [0.1, 0.15) is 5.41 Å². The monoisotopic (exact) mass is 251 g/mol. The average molecular weight is 251 g/mol. The largest absolute Gasteiger partial charge is 0.353 e. The molecule has 0 radical (unpaired) electrons. The molecule has 1 rings (SSSR count). The Morgan fingerprint density at radius 2 is 2.06 bits per heavy atom. The van der Waals surface area contributed by atoms with Crippen LogP contribution in [0.3, 0.4) is 0 Å². The number of nitrogens with one attached hydrogen (secondary N) is 1. The maximum absolute atomic E-state index is 12.5. The van der Waals surface area contributed by atoms with Gasteiger partial charge in [-0.3, -0.25) is 9.59 Å². The topological polar surface area (TPSA) is 73.2 Å². The van der Waals surface area contributed by atoms with E-state index < -0.39 is 5.41 Å². The van der Waals surface area contributed by atoms with E-state index in [1.165, 1.54) is 4.90 Å². The fourth-order valence-corrected chi connectivity index (χ4v) is 2.47. The number of hydrogen-bond acceptors (Lipinski definition) is 3. The molecule has 0 aliphatic carbocycles. The Kier molecular flexibility index (Phi) is 5.14. The molecule has 0 spiro atoms. The summed E-state index contributed by atoms with van der Waals surface area (Å²) in [5, 5.41) is 12.1. The summed E-state index contributed by atoms with van der Waals surface area (Å²) < 4.78 is 0. The van der Waals surface area contributed by atoms with E-state index in [0.29, 0.717) is 25.9 Å². The fourth-order valence-electron chi connectivity index (χ4n) is 2.47. The molecule has 0 aromatic heterocycles.